The summed E-state index contributed by atoms with van der Waals surface area (Å²) in [5, 5.41) is 0. The largest absolute Gasteiger partial charge is 0.331 e. The molecule has 12 heavy (non-hydrogen) atoms. The van der Waals surface area contributed by atoms with Crippen LogP contribution in [0.4, 0.5) is 0 Å². The summed E-state index contributed by atoms with van der Waals surface area (Å²) in [7, 11) is 0. The van der Waals surface area contributed by atoms with Gasteiger partial charge in [0.25, 0.3) is 0 Å². The van der Waals surface area contributed by atoms with Crippen molar-refractivity contribution < 1.29 is 0 Å². The van der Waals surface area contributed by atoms with Crippen molar-refractivity contribution in [3.8, 4) is 0 Å². The molecule has 0 aromatic carbocycles. The van der Waals surface area contributed by atoms with Crippen LogP contribution in [0.1, 0.15) is 11.5 Å². The smallest absolute Gasteiger partial charge is 0.105 e. The van der Waals surface area contributed by atoms with Crippen LogP contribution < -0.4 is 5.73 Å². The van der Waals surface area contributed by atoms with Crippen LogP contribution in [0.15, 0.2) is 6.20 Å². The standard InChI is InChI=1S/C7H13N3.2ClH/c1-6-5-9-7(2)10(6)4-3-8;;/h5H,3-4,8H2,1-2H3;2*1H. The van der Waals surface area contributed by atoms with Crippen molar-refractivity contribution in [2.75, 3.05) is 6.54 Å². The molecule has 0 aliphatic carbocycles. The van der Waals surface area contributed by atoms with Crippen LogP contribution in [0.3, 0.4) is 0 Å². The summed E-state index contributed by atoms with van der Waals surface area (Å²) >= 11 is 0. The van der Waals surface area contributed by atoms with Crippen LogP contribution in [0, 0.1) is 13.8 Å². The summed E-state index contributed by atoms with van der Waals surface area (Å²) in [6.07, 6.45) is 1.87. The topological polar surface area (TPSA) is 43.8 Å². The van der Waals surface area contributed by atoms with Crippen LogP contribution in [0.2, 0.25) is 0 Å². The fourth-order valence-electron chi connectivity index (χ4n) is 1.05. The highest BCUT2D eigenvalue weighted by molar-refractivity contribution is 5.85. The highest BCUT2D eigenvalue weighted by atomic mass is 35.5. The number of aromatic nitrogens is 2. The Balaban J connectivity index is 0. The second-order valence-corrected chi connectivity index (χ2v) is 2.39. The number of nitrogens with zero attached hydrogens (tertiary/aromatic N) is 2. The van der Waals surface area contributed by atoms with E-state index < -0.39 is 0 Å². The molecule has 1 rings (SSSR count). The van der Waals surface area contributed by atoms with Gasteiger partial charge in [0.2, 0.25) is 0 Å². The monoisotopic (exact) mass is 211 g/mol. The molecule has 0 saturated heterocycles. The first-order valence-electron chi connectivity index (χ1n) is 3.44. The summed E-state index contributed by atoms with van der Waals surface area (Å²) in [4.78, 5) is 4.14. The number of halogens is 2. The summed E-state index contributed by atoms with van der Waals surface area (Å²) in [5.41, 5.74) is 6.59. The summed E-state index contributed by atoms with van der Waals surface area (Å²) in [5.74, 6) is 1.04. The molecule has 0 amide bonds. The Morgan fingerprint density at radius 2 is 2.00 bits per heavy atom. The molecule has 1 aromatic rings. The van der Waals surface area contributed by atoms with Crippen molar-refractivity contribution in [2.45, 2.75) is 20.4 Å². The lowest BCUT2D eigenvalue weighted by Crippen LogP contribution is -2.12. The molecule has 0 fully saturated rings. The SMILES string of the molecule is Cc1cnc(C)n1CCN.Cl.Cl. The van der Waals surface area contributed by atoms with E-state index in [1.54, 1.807) is 0 Å². The van der Waals surface area contributed by atoms with Crippen LogP contribution in [0.25, 0.3) is 0 Å². The number of nitrogens with two attached hydrogens (primary N) is 1. The van der Waals surface area contributed by atoms with Gasteiger partial charge < -0.3 is 10.3 Å². The molecule has 0 aliphatic heterocycles. The van der Waals surface area contributed by atoms with Crippen molar-refractivity contribution in [3.05, 3.63) is 17.7 Å². The van der Waals surface area contributed by atoms with E-state index in [9.17, 15) is 0 Å². The summed E-state index contributed by atoms with van der Waals surface area (Å²) in [6.45, 7) is 5.58. The molecule has 72 valence electrons. The number of hydrogen-bond donors (Lipinski definition) is 1. The first-order chi connectivity index (χ1) is 4.75. The molecule has 2 N–H and O–H groups in total. The molecular weight excluding hydrogens is 197 g/mol. The van der Waals surface area contributed by atoms with Gasteiger partial charge in [-0.3, -0.25) is 0 Å². The number of imidazole rings is 1. The second kappa shape index (κ2) is 6.29. The molecular formula is C7H15Cl2N3. The molecule has 0 unspecified atom stereocenters. The van der Waals surface area contributed by atoms with Crippen LogP contribution in [-0.4, -0.2) is 16.1 Å². The third-order valence-corrected chi connectivity index (χ3v) is 1.61. The Morgan fingerprint density at radius 3 is 2.33 bits per heavy atom. The van der Waals surface area contributed by atoms with Gasteiger partial charge in [-0.2, -0.15) is 0 Å². The molecule has 0 atom stereocenters. The van der Waals surface area contributed by atoms with Crippen LogP contribution >= 0.6 is 24.8 Å². The normalized spacial score (nSPS) is 8.58. The van der Waals surface area contributed by atoms with E-state index in [4.69, 9.17) is 5.73 Å². The molecule has 0 bridgehead atoms. The maximum atomic E-state index is 5.41. The highest BCUT2D eigenvalue weighted by Crippen LogP contribution is 2.00. The maximum Gasteiger partial charge on any atom is 0.105 e. The molecule has 1 heterocycles. The van der Waals surface area contributed by atoms with Gasteiger partial charge in [0.05, 0.1) is 0 Å². The molecule has 0 saturated carbocycles. The van der Waals surface area contributed by atoms with Crippen molar-refractivity contribution >= 4 is 24.8 Å². The Morgan fingerprint density at radius 1 is 1.42 bits per heavy atom. The van der Waals surface area contributed by atoms with Crippen molar-refractivity contribution in [1.29, 1.82) is 0 Å². The molecule has 3 nitrogen and oxygen atoms in total. The van der Waals surface area contributed by atoms with Gasteiger partial charge >= 0.3 is 0 Å². The van der Waals surface area contributed by atoms with E-state index in [2.05, 4.69) is 9.55 Å². The molecule has 1 aromatic heterocycles. The molecule has 5 heteroatoms. The Kier molecular flexibility index (Phi) is 7.48. The number of hydrogen-bond acceptors (Lipinski definition) is 2. The van der Waals surface area contributed by atoms with Gasteiger partial charge in [-0.25, -0.2) is 4.98 Å². The lowest BCUT2D eigenvalue weighted by Gasteiger charge is -2.03. The maximum absolute atomic E-state index is 5.41. The van der Waals surface area contributed by atoms with E-state index in [0.717, 1.165) is 12.4 Å². The van der Waals surface area contributed by atoms with Gasteiger partial charge in [-0.05, 0) is 13.8 Å². The lowest BCUT2D eigenvalue weighted by atomic mass is 10.5. The van der Waals surface area contributed by atoms with E-state index in [1.807, 2.05) is 20.0 Å². The predicted molar refractivity (Wildman–Crippen MR) is 55.3 cm³/mol. The average molecular weight is 212 g/mol. The van der Waals surface area contributed by atoms with Crippen molar-refractivity contribution in [2.24, 2.45) is 5.73 Å². The molecule has 0 aliphatic rings. The van der Waals surface area contributed by atoms with Gasteiger partial charge in [0, 0.05) is 25.0 Å². The first-order valence-corrected chi connectivity index (χ1v) is 3.44. The Labute approximate surface area is 85.2 Å². The summed E-state index contributed by atoms with van der Waals surface area (Å²) < 4.78 is 2.11. The first kappa shape index (κ1) is 14.3. The number of aryl methyl sites for hydroxylation is 2. The minimum absolute atomic E-state index is 0. The lowest BCUT2D eigenvalue weighted by molar-refractivity contribution is 0.667. The summed E-state index contributed by atoms with van der Waals surface area (Å²) in [6, 6.07) is 0. The van der Waals surface area contributed by atoms with Gasteiger partial charge in [-0.15, -0.1) is 24.8 Å². The zero-order chi connectivity index (χ0) is 7.56. The third kappa shape index (κ3) is 3.01. The zero-order valence-electron chi connectivity index (χ0n) is 7.28. The van der Waals surface area contributed by atoms with Crippen molar-refractivity contribution in [3.63, 3.8) is 0 Å². The van der Waals surface area contributed by atoms with E-state index in [1.165, 1.54) is 5.69 Å². The van der Waals surface area contributed by atoms with Gasteiger partial charge in [0.15, 0.2) is 0 Å². The molecule has 0 radical (unpaired) electrons. The fourth-order valence-corrected chi connectivity index (χ4v) is 1.05. The average Bonchev–Trinajstić information content (AvgIpc) is 2.20. The van der Waals surface area contributed by atoms with Gasteiger partial charge in [-0.1, -0.05) is 0 Å². The zero-order valence-corrected chi connectivity index (χ0v) is 8.91. The minimum Gasteiger partial charge on any atom is -0.331 e. The molecule has 0 spiro atoms. The van der Waals surface area contributed by atoms with Gasteiger partial charge in [0.1, 0.15) is 5.82 Å². The van der Waals surface area contributed by atoms with E-state index >= 15 is 0 Å². The third-order valence-electron chi connectivity index (χ3n) is 1.61. The Hall–Kier alpha value is -0.250. The highest BCUT2D eigenvalue weighted by Gasteiger charge is 1.98. The quantitative estimate of drug-likeness (QED) is 0.802. The van der Waals surface area contributed by atoms with Crippen LogP contribution in [-0.2, 0) is 6.54 Å². The minimum atomic E-state index is 0. The fraction of sp³-hybridized carbons (Fsp3) is 0.571. The number of rotatable bonds is 2. The predicted octanol–water partition coefficient (Wildman–Crippen LogP) is 1.30. The van der Waals surface area contributed by atoms with Crippen molar-refractivity contribution in [1.82, 2.24) is 9.55 Å². The van der Waals surface area contributed by atoms with E-state index in [-0.39, 0.29) is 24.8 Å². The van der Waals surface area contributed by atoms with E-state index in [0.29, 0.717) is 6.54 Å². The second-order valence-electron chi connectivity index (χ2n) is 2.39. The van der Waals surface area contributed by atoms with Crippen LogP contribution in [0.5, 0.6) is 0 Å². The Bertz CT molecular complexity index is 203.